The highest BCUT2D eigenvalue weighted by molar-refractivity contribution is 4.92. The van der Waals surface area contributed by atoms with Crippen molar-refractivity contribution in [3.63, 3.8) is 0 Å². The lowest BCUT2D eigenvalue weighted by Crippen LogP contribution is -2.10. The van der Waals surface area contributed by atoms with E-state index in [0.717, 1.165) is 18.7 Å². The van der Waals surface area contributed by atoms with E-state index < -0.39 is 0 Å². The van der Waals surface area contributed by atoms with Crippen molar-refractivity contribution >= 4 is 0 Å². The van der Waals surface area contributed by atoms with Crippen molar-refractivity contribution in [2.75, 3.05) is 6.54 Å². The Bertz CT molecular complexity index is 229. The van der Waals surface area contributed by atoms with Gasteiger partial charge >= 0.3 is 0 Å². The minimum Gasteiger partial charge on any atom is -0.329 e. The number of nitrogens with two attached hydrogens (primary N) is 1. The van der Waals surface area contributed by atoms with E-state index in [0.29, 0.717) is 12.5 Å². The van der Waals surface area contributed by atoms with Gasteiger partial charge in [0.15, 0.2) is 0 Å². The summed E-state index contributed by atoms with van der Waals surface area (Å²) in [7, 11) is 0. The molecule has 0 fully saturated rings. The Balaban J connectivity index is 2.52. The van der Waals surface area contributed by atoms with Crippen LogP contribution < -0.4 is 5.73 Å². The standard InChI is InChI=1S/C8H16N4/c1-7(2)5-8-6-12(4-3-9)11-10-8/h6-7H,3-5,9H2,1-2H3. The van der Waals surface area contributed by atoms with E-state index in [4.69, 9.17) is 5.73 Å². The highest BCUT2D eigenvalue weighted by Gasteiger charge is 2.01. The SMILES string of the molecule is CC(C)Cc1cn(CCN)nn1. The van der Waals surface area contributed by atoms with Crippen LogP contribution in [0.5, 0.6) is 0 Å². The largest absolute Gasteiger partial charge is 0.329 e. The molecule has 12 heavy (non-hydrogen) atoms. The van der Waals surface area contributed by atoms with E-state index >= 15 is 0 Å². The molecule has 0 aromatic carbocycles. The van der Waals surface area contributed by atoms with Crippen LogP contribution in [0.25, 0.3) is 0 Å². The van der Waals surface area contributed by atoms with Crippen molar-refractivity contribution in [3.8, 4) is 0 Å². The van der Waals surface area contributed by atoms with E-state index in [1.54, 1.807) is 4.68 Å². The smallest absolute Gasteiger partial charge is 0.0829 e. The van der Waals surface area contributed by atoms with Gasteiger partial charge in [-0.15, -0.1) is 5.10 Å². The van der Waals surface area contributed by atoms with Gasteiger partial charge in [0.1, 0.15) is 0 Å². The molecule has 4 nitrogen and oxygen atoms in total. The fourth-order valence-corrected chi connectivity index (χ4v) is 1.09. The van der Waals surface area contributed by atoms with E-state index in [2.05, 4.69) is 24.2 Å². The normalized spacial score (nSPS) is 11.0. The van der Waals surface area contributed by atoms with Crippen LogP contribution in [0.2, 0.25) is 0 Å². The molecule has 68 valence electrons. The van der Waals surface area contributed by atoms with Crippen LogP contribution in [0.3, 0.4) is 0 Å². The molecule has 0 bridgehead atoms. The van der Waals surface area contributed by atoms with E-state index in [1.807, 2.05) is 6.20 Å². The third kappa shape index (κ3) is 2.62. The first kappa shape index (κ1) is 9.19. The van der Waals surface area contributed by atoms with Crippen LogP contribution in [0, 0.1) is 5.92 Å². The second kappa shape index (κ2) is 4.21. The number of hydrogen-bond acceptors (Lipinski definition) is 3. The molecule has 0 aliphatic heterocycles. The Labute approximate surface area is 72.8 Å². The first-order valence-corrected chi connectivity index (χ1v) is 4.31. The number of rotatable bonds is 4. The average molecular weight is 168 g/mol. The van der Waals surface area contributed by atoms with Gasteiger partial charge in [-0.25, -0.2) is 0 Å². The summed E-state index contributed by atoms with van der Waals surface area (Å²) in [4.78, 5) is 0. The minimum absolute atomic E-state index is 0.616. The molecular formula is C8H16N4. The zero-order valence-electron chi connectivity index (χ0n) is 7.70. The second-order valence-corrected chi connectivity index (χ2v) is 3.36. The summed E-state index contributed by atoms with van der Waals surface area (Å²) in [5, 5.41) is 7.98. The van der Waals surface area contributed by atoms with Gasteiger partial charge in [0.05, 0.1) is 12.2 Å². The predicted molar refractivity (Wildman–Crippen MR) is 47.6 cm³/mol. The van der Waals surface area contributed by atoms with Gasteiger partial charge in [-0.2, -0.15) is 0 Å². The molecule has 1 rings (SSSR count). The Hall–Kier alpha value is -0.900. The van der Waals surface area contributed by atoms with Crippen LogP contribution in [0.1, 0.15) is 19.5 Å². The van der Waals surface area contributed by atoms with Gasteiger partial charge in [0, 0.05) is 12.7 Å². The Kier molecular flexibility index (Phi) is 3.22. The summed E-state index contributed by atoms with van der Waals surface area (Å²) >= 11 is 0. The molecule has 1 aromatic rings. The fourth-order valence-electron chi connectivity index (χ4n) is 1.09. The number of nitrogens with zero attached hydrogens (tertiary/aromatic N) is 3. The highest BCUT2D eigenvalue weighted by Crippen LogP contribution is 2.02. The summed E-state index contributed by atoms with van der Waals surface area (Å²) in [6.45, 7) is 5.71. The third-order valence-electron chi connectivity index (χ3n) is 1.56. The van der Waals surface area contributed by atoms with Crippen molar-refractivity contribution in [3.05, 3.63) is 11.9 Å². The maximum absolute atomic E-state index is 5.38. The zero-order valence-corrected chi connectivity index (χ0v) is 7.70. The van der Waals surface area contributed by atoms with Crippen molar-refractivity contribution < 1.29 is 0 Å². The lowest BCUT2D eigenvalue weighted by atomic mass is 10.1. The van der Waals surface area contributed by atoms with E-state index in [-0.39, 0.29) is 0 Å². The molecule has 0 aliphatic carbocycles. The lowest BCUT2D eigenvalue weighted by molar-refractivity contribution is 0.597. The molecule has 0 amide bonds. The zero-order chi connectivity index (χ0) is 8.97. The van der Waals surface area contributed by atoms with E-state index in [9.17, 15) is 0 Å². The quantitative estimate of drug-likeness (QED) is 0.709. The predicted octanol–water partition coefficient (Wildman–Crippen LogP) is 0.435. The van der Waals surface area contributed by atoms with Gasteiger partial charge in [-0.1, -0.05) is 19.1 Å². The van der Waals surface area contributed by atoms with Crippen LogP contribution in [-0.4, -0.2) is 21.5 Å². The number of hydrogen-bond donors (Lipinski definition) is 1. The summed E-state index contributed by atoms with van der Waals surface area (Å²) < 4.78 is 1.79. The molecular weight excluding hydrogens is 152 g/mol. The molecule has 1 aromatic heterocycles. The fraction of sp³-hybridized carbons (Fsp3) is 0.750. The van der Waals surface area contributed by atoms with Crippen LogP contribution in [0.4, 0.5) is 0 Å². The van der Waals surface area contributed by atoms with Crippen molar-refractivity contribution in [1.29, 1.82) is 0 Å². The van der Waals surface area contributed by atoms with Gasteiger partial charge in [0.25, 0.3) is 0 Å². The third-order valence-corrected chi connectivity index (χ3v) is 1.56. The topological polar surface area (TPSA) is 56.7 Å². The van der Waals surface area contributed by atoms with Crippen LogP contribution in [-0.2, 0) is 13.0 Å². The van der Waals surface area contributed by atoms with Crippen LogP contribution in [0.15, 0.2) is 6.20 Å². The molecule has 0 spiro atoms. The summed E-state index contributed by atoms with van der Waals surface area (Å²) in [5.74, 6) is 0.632. The summed E-state index contributed by atoms with van der Waals surface area (Å²) in [6, 6.07) is 0. The van der Waals surface area contributed by atoms with Crippen molar-refractivity contribution in [1.82, 2.24) is 15.0 Å². The van der Waals surface area contributed by atoms with E-state index in [1.165, 1.54) is 0 Å². The molecule has 4 heteroatoms. The van der Waals surface area contributed by atoms with Gasteiger partial charge in [0.2, 0.25) is 0 Å². The lowest BCUT2D eigenvalue weighted by Gasteiger charge is -1.97. The van der Waals surface area contributed by atoms with Crippen molar-refractivity contribution in [2.24, 2.45) is 11.7 Å². The molecule has 0 atom stereocenters. The van der Waals surface area contributed by atoms with Crippen molar-refractivity contribution in [2.45, 2.75) is 26.8 Å². The Morgan fingerprint density at radius 3 is 2.92 bits per heavy atom. The minimum atomic E-state index is 0.616. The first-order chi connectivity index (χ1) is 5.72. The van der Waals surface area contributed by atoms with Gasteiger partial charge in [-0.05, 0) is 12.3 Å². The maximum atomic E-state index is 5.38. The van der Waals surface area contributed by atoms with Gasteiger partial charge in [-0.3, -0.25) is 4.68 Å². The highest BCUT2D eigenvalue weighted by atomic mass is 15.4. The number of aromatic nitrogens is 3. The molecule has 0 unspecified atom stereocenters. The monoisotopic (exact) mass is 168 g/mol. The Morgan fingerprint density at radius 2 is 2.33 bits per heavy atom. The van der Waals surface area contributed by atoms with Gasteiger partial charge < -0.3 is 5.73 Å². The molecule has 0 radical (unpaired) electrons. The summed E-state index contributed by atoms with van der Waals surface area (Å²) in [5.41, 5.74) is 6.44. The molecule has 2 N–H and O–H groups in total. The molecule has 1 heterocycles. The Morgan fingerprint density at radius 1 is 1.58 bits per heavy atom. The second-order valence-electron chi connectivity index (χ2n) is 3.36. The van der Waals surface area contributed by atoms with Crippen LogP contribution >= 0.6 is 0 Å². The molecule has 0 aliphatic rings. The average Bonchev–Trinajstić information content (AvgIpc) is 2.36. The molecule has 0 saturated heterocycles. The summed E-state index contributed by atoms with van der Waals surface area (Å²) in [6.07, 6.45) is 2.96. The molecule has 0 saturated carbocycles. The first-order valence-electron chi connectivity index (χ1n) is 4.31. The maximum Gasteiger partial charge on any atom is 0.0829 e.